The van der Waals surface area contributed by atoms with Crippen LogP contribution in [0, 0.1) is 17.7 Å². The summed E-state index contributed by atoms with van der Waals surface area (Å²) in [6.45, 7) is -0.183. The number of anilines is 1. The molecule has 0 saturated heterocycles. The average molecular weight is 508 g/mol. The van der Waals surface area contributed by atoms with Crippen molar-refractivity contribution in [3.63, 3.8) is 0 Å². The van der Waals surface area contributed by atoms with Crippen LogP contribution in [0.25, 0.3) is 0 Å². The highest BCUT2D eigenvalue weighted by molar-refractivity contribution is 7.92. The van der Waals surface area contributed by atoms with Gasteiger partial charge in [0.1, 0.15) is 11.6 Å². The third-order valence-corrected chi connectivity index (χ3v) is 8.32. The molecular formula is C26H34FNO6S. The number of methoxy groups -OCH3 is 2. The Morgan fingerprint density at radius 1 is 1.17 bits per heavy atom. The van der Waals surface area contributed by atoms with Gasteiger partial charge in [0.15, 0.2) is 0 Å². The second kappa shape index (κ2) is 11.4. The van der Waals surface area contributed by atoms with Gasteiger partial charge in [-0.3, -0.25) is 9.10 Å². The van der Waals surface area contributed by atoms with Crippen LogP contribution in [0.4, 0.5) is 10.1 Å². The summed E-state index contributed by atoms with van der Waals surface area (Å²) in [6.07, 6.45) is 4.00. The molecule has 3 rings (SSSR count). The van der Waals surface area contributed by atoms with Crippen molar-refractivity contribution in [3.05, 3.63) is 59.4 Å². The Morgan fingerprint density at radius 3 is 2.43 bits per heavy atom. The number of sulfonamides is 1. The van der Waals surface area contributed by atoms with Gasteiger partial charge in [-0.15, -0.1) is 0 Å². The normalized spacial score (nSPS) is 21.3. The van der Waals surface area contributed by atoms with Gasteiger partial charge in [0, 0.05) is 24.4 Å². The van der Waals surface area contributed by atoms with Gasteiger partial charge in [0.2, 0.25) is 10.0 Å². The third kappa shape index (κ3) is 6.13. The van der Waals surface area contributed by atoms with E-state index in [0.29, 0.717) is 29.8 Å². The van der Waals surface area contributed by atoms with Crippen molar-refractivity contribution in [2.45, 2.75) is 37.5 Å². The van der Waals surface area contributed by atoms with Crippen LogP contribution < -0.4 is 9.04 Å². The van der Waals surface area contributed by atoms with Gasteiger partial charge < -0.3 is 14.6 Å². The second-order valence-electron chi connectivity index (χ2n) is 9.17. The summed E-state index contributed by atoms with van der Waals surface area (Å²) in [4.78, 5) is 12.7. The minimum absolute atomic E-state index is 0.0106. The molecule has 0 bridgehead atoms. The standard InChI is InChI=1S/C26H34FNO6S/c1-28(35(4,31)32)21-12-13-24(33-2)23(15-21)19(16-29)14-18-6-5-7-22(26(30)34-3)25(18)17-8-10-20(27)11-9-17/h8-13,15,18-19,22,25,29H,5-7,14,16H2,1-4H3/t18?,19?,22?,25-/m0/s1. The lowest BCUT2D eigenvalue weighted by Gasteiger charge is -2.39. The van der Waals surface area contributed by atoms with Crippen molar-refractivity contribution in [1.82, 2.24) is 0 Å². The molecule has 1 aliphatic rings. The predicted molar refractivity (Wildman–Crippen MR) is 133 cm³/mol. The number of ether oxygens (including phenoxy) is 2. The van der Waals surface area contributed by atoms with Crippen LogP contribution in [-0.4, -0.2) is 53.6 Å². The number of nitrogens with zero attached hydrogens (tertiary/aromatic N) is 1. The first-order valence-electron chi connectivity index (χ1n) is 11.7. The number of aliphatic hydroxyl groups is 1. The Hall–Kier alpha value is -2.65. The maximum atomic E-state index is 13.6. The van der Waals surface area contributed by atoms with E-state index in [1.165, 1.54) is 37.7 Å². The van der Waals surface area contributed by atoms with E-state index in [9.17, 15) is 22.7 Å². The Morgan fingerprint density at radius 2 is 1.86 bits per heavy atom. The molecule has 0 aromatic heterocycles. The molecule has 1 saturated carbocycles. The summed E-state index contributed by atoms with van der Waals surface area (Å²) < 4.78 is 49.6. The van der Waals surface area contributed by atoms with E-state index in [4.69, 9.17) is 9.47 Å². The van der Waals surface area contributed by atoms with Gasteiger partial charge in [-0.2, -0.15) is 0 Å². The fourth-order valence-corrected chi connectivity index (χ4v) is 5.75. The molecule has 2 aromatic rings. The molecule has 9 heteroatoms. The first kappa shape index (κ1) is 26.9. The van der Waals surface area contributed by atoms with Crippen molar-refractivity contribution < 1.29 is 32.2 Å². The number of esters is 1. The van der Waals surface area contributed by atoms with E-state index in [-0.39, 0.29) is 42.1 Å². The molecule has 192 valence electrons. The molecule has 3 unspecified atom stereocenters. The van der Waals surface area contributed by atoms with E-state index < -0.39 is 10.0 Å². The number of carbonyl (C=O) groups excluding carboxylic acids is 1. The number of halogens is 1. The topological polar surface area (TPSA) is 93.1 Å². The fraction of sp³-hybridized carbons (Fsp3) is 0.500. The molecular weight excluding hydrogens is 473 g/mol. The lowest BCUT2D eigenvalue weighted by molar-refractivity contribution is -0.148. The average Bonchev–Trinajstić information content (AvgIpc) is 2.85. The minimum Gasteiger partial charge on any atom is -0.496 e. The van der Waals surface area contributed by atoms with Gasteiger partial charge in [0.05, 0.1) is 38.7 Å². The second-order valence-corrected chi connectivity index (χ2v) is 11.2. The van der Waals surface area contributed by atoms with Gasteiger partial charge in [-0.25, -0.2) is 12.8 Å². The molecule has 1 aliphatic carbocycles. The predicted octanol–water partition coefficient (Wildman–Crippen LogP) is 4.07. The minimum atomic E-state index is -3.47. The van der Waals surface area contributed by atoms with Gasteiger partial charge in [-0.05, 0) is 61.1 Å². The molecule has 0 aliphatic heterocycles. The van der Waals surface area contributed by atoms with Crippen LogP contribution in [0.3, 0.4) is 0 Å². The van der Waals surface area contributed by atoms with Gasteiger partial charge in [0.25, 0.3) is 0 Å². The van der Waals surface area contributed by atoms with E-state index >= 15 is 0 Å². The van der Waals surface area contributed by atoms with Crippen LogP contribution in [0.15, 0.2) is 42.5 Å². The molecule has 4 atom stereocenters. The molecule has 0 heterocycles. The number of hydrogen-bond donors (Lipinski definition) is 1. The fourth-order valence-electron chi connectivity index (χ4n) is 5.25. The highest BCUT2D eigenvalue weighted by Gasteiger charge is 2.40. The van der Waals surface area contributed by atoms with E-state index in [1.807, 2.05) is 0 Å². The SMILES string of the molecule is COC(=O)C1CCCC(CC(CO)c2cc(N(C)S(C)(=O)=O)ccc2OC)[C@@H]1c1ccc(F)cc1. The van der Waals surface area contributed by atoms with Crippen molar-refractivity contribution in [3.8, 4) is 5.75 Å². The van der Waals surface area contributed by atoms with Gasteiger partial charge >= 0.3 is 5.97 Å². The monoisotopic (exact) mass is 507 g/mol. The Balaban J connectivity index is 2.00. The maximum Gasteiger partial charge on any atom is 0.309 e. The van der Waals surface area contributed by atoms with Crippen LogP contribution >= 0.6 is 0 Å². The Bertz CT molecular complexity index is 1120. The number of rotatable bonds is 9. The summed E-state index contributed by atoms with van der Waals surface area (Å²) in [7, 11) is 0.906. The summed E-state index contributed by atoms with van der Waals surface area (Å²) in [6, 6.07) is 11.3. The van der Waals surface area contributed by atoms with Crippen LogP contribution in [0.5, 0.6) is 5.75 Å². The molecule has 1 N–H and O–H groups in total. The quantitative estimate of drug-likeness (QED) is 0.515. The number of aliphatic hydroxyl groups excluding tert-OH is 1. The number of benzene rings is 2. The summed E-state index contributed by atoms with van der Waals surface area (Å²) in [5, 5.41) is 10.4. The number of carbonyl (C=O) groups is 1. The van der Waals surface area contributed by atoms with Gasteiger partial charge in [-0.1, -0.05) is 18.6 Å². The van der Waals surface area contributed by atoms with Crippen LogP contribution in [0.2, 0.25) is 0 Å². The zero-order chi connectivity index (χ0) is 25.8. The van der Waals surface area contributed by atoms with Crippen molar-refractivity contribution in [2.24, 2.45) is 11.8 Å². The largest absolute Gasteiger partial charge is 0.496 e. The Labute approximate surface area is 206 Å². The highest BCUT2D eigenvalue weighted by Crippen LogP contribution is 2.47. The smallest absolute Gasteiger partial charge is 0.309 e. The molecule has 7 nitrogen and oxygen atoms in total. The first-order valence-corrected chi connectivity index (χ1v) is 13.5. The molecule has 0 radical (unpaired) electrons. The Kier molecular flexibility index (Phi) is 8.77. The van der Waals surface area contributed by atoms with Crippen LogP contribution in [-0.2, 0) is 19.6 Å². The molecule has 0 spiro atoms. The lowest BCUT2D eigenvalue weighted by atomic mass is 9.66. The summed E-state index contributed by atoms with van der Waals surface area (Å²) >= 11 is 0. The molecule has 1 fully saturated rings. The first-order chi connectivity index (χ1) is 16.6. The van der Waals surface area contributed by atoms with Crippen LogP contribution in [0.1, 0.15) is 48.6 Å². The number of hydrogen-bond acceptors (Lipinski definition) is 6. The zero-order valence-corrected chi connectivity index (χ0v) is 21.4. The maximum absolute atomic E-state index is 13.6. The van der Waals surface area contributed by atoms with E-state index in [2.05, 4.69) is 0 Å². The lowest BCUT2D eigenvalue weighted by Crippen LogP contribution is -2.34. The van der Waals surface area contributed by atoms with Crippen molar-refractivity contribution >= 4 is 21.7 Å². The molecule has 35 heavy (non-hydrogen) atoms. The summed E-state index contributed by atoms with van der Waals surface area (Å²) in [5.74, 6) is -1.00. The van der Waals surface area contributed by atoms with E-state index in [1.54, 1.807) is 30.3 Å². The van der Waals surface area contributed by atoms with E-state index in [0.717, 1.165) is 24.7 Å². The van der Waals surface area contributed by atoms with Crippen molar-refractivity contribution in [2.75, 3.05) is 38.4 Å². The van der Waals surface area contributed by atoms with Crippen molar-refractivity contribution in [1.29, 1.82) is 0 Å². The molecule has 0 amide bonds. The highest BCUT2D eigenvalue weighted by atomic mass is 32.2. The zero-order valence-electron chi connectivity index (χ0n) is 20.6. The third-order valence-electron chi connectivity index (χ3n) is 7.11. The molecule has 2 aromatic carbocycles. The summed E-state index contributed by atoms with van der Waals surface area (Å²) in [5.41, 5.74) is 2.02.